The monoisotopic (exact) mass is 364 g/mol. The van der Waals surface area contributed by atoms with Gasteiger partial charge in [0.2, 0.25) is 0 Å². The average molecular weight is 365 g/mol. The van der Waals surface area contributed by atoms with Crippen LogP contribution < -0.4 is 0 Å². The van der Waals surface area contributed by atoms with Crippen LogP contribution in [-0.2, 0) is 9.53 Å². The van der Waals surface area contributed by atoms with Gasteiger partial charge in [0.15, 0.2) is 0 Å². The second-order valence-corrected chi connectivity index (χ2v) is 7.34. The van der Waals surface area contributed by atoms with Crippen LogP contribution in [0.1, 0.15) is 116 Å². The summed E-state index contributed by atoms with van der Waals surface area (Å²) < 4.78 is 5.23. The summed E-state index contributed by atoms with van der Waals surface area (Å²) in [6.07, 6.45) is 26.9. The third kappa shape index (κ3) is 21.0. The molecule has 0 saturated carbocycles. The van der Waals surface area contributed by atoms with E-state index in [1.54, 1.807) is 0 Å². The summed E-state index contributed by atoms with van der Waals surface area (Å²) in [4.78, 5) is 11.6. The van der Waals surface area contributed by atoms with E-state index in [1.165, 1.54) is 70.6 Å². The van der Waals surface area contributed by atoms with E-state index >= 15 is 0 Å². The number of ether oxygens (including phenoxy) is 1. The molecule has 0 bridgehead atoms. The maximum absolute atomic E-state index is 11.6. The van der Waals surface area contributed by atoms with Gasteiger partial charge in [0, 0.05) is 6.42 Å². The van der Waals surface area contributed by atoms with E-state index in [0.717, 1.165) is 32.1 Å². The molecule has 0 aromatic carbocycles. The molecule has 0 spiro atoms. The molecule has 2 nitrogen and oxygen atoms in total. The summed E-state index contributed by atoms with van der Waals surface area (Å²) >= 11 is 0. The van der Waals surface area contributed by atoms with Crippen molar-refractivity contribution < 1.29 is 9.53 Å². The summed E-state index contributed by atoms with van der Waals surface area (Å²) in [6.45, 7) is 6.52. The molecule has 0 N–H and O–H groups in total. The maximum Gasteiger partial charge on any atom is 0.305 e. The van der Waals surface area contributed by atoms with Gasteiger partial charge in [-0.15, -0.1) is 6.58 Å². The second-order valence-electron chi connectivity index (χ2n) is 7.34. The molecule has 0 rings (SSSR count). The van der Waals surface area contributed by atoms with Gasteiger partial charge < -0.3 is 4.74 Å². The van der Waals surface area contributed by atoms with Crippen molar-refractivity contribution >= 4 is 5.97 Å². The van der Waals surface area contributed by atoms with Crippen molar-refractivity contribution in [1.29, 1.82) is 0 Å². The lowest BCUT2D eigenvalue weighted by Crippen LogP contribution is -2.05. The quantitative estimate of drug-likeness (QED) is 0.124. The third-order valence-electron chi connectivity index (χ3n) is 4.71. The highest BCUT2D eigenvalue weighted by Crippen LogP contribution is 2.10. The highest BCUT2D eigenvalue weighted by Gasteiger charge is 2.02. The van der Waals surface area contributed by atoms with Crippen molar-refractivity contribution in [2.45, 2.75) is 116 Å². The second kappa shape index (κ2) is 22.0. The Morgan fingerprint density at radius 1 is 0.731 bits per heavy atom. The van der Waals surface area contributed by atoms with Crippen LogP contribution in [0.25, 0.3) is 0 Å². The number of carbonyl (C=O) groups excluding carboxylic acids is 1. The van der Waals surface area contributed by atoms with E-state index in [4.69, 9.17) is 4.74 Å². The van der Waals surface area contributed by atoms with Crippen molar-refractivity contribution in [1.82, 2.24) is 0 Å². The van der Waals surface area contributed by atoms with Gasteiger partial charge in [0.1, 0.15) is 0 Å². The number of carbonyl (C=O) groups is 1. The smallest absolute Gasteiger partial charge is 0.305 e. The van der Waals surface area contributed by atoms with E-state index in [0.29, 0.717) is 13.0 Å². The lowest BCUT2D eigenvalue weighted by atomic mass is 10.1. The molecule has 0 amide bonds. The minimum absolute atomic E-state index is 0.0266. The van der Waals surface area contributed by atoms with Crippen LogP contribution in [0.15, 0.2) is 24.8 Å². The Balaban J connectivity index is 3.19. The highest BCUT2D eigenvalue weighted by atomic mass is 16.5. The first-order valence-electron chi connectivity index (χ1n) is 11.2. The van der Waals surface area contributed by atoms with Crippen LogP contribution >= 0.6 is 0 Å². The van der Waals surface area contributed by atoms with Crippen molar-refractivity contribution in [2.24, 2.45) is 0 Å². The van der Waals surface area contributed by atoms with Crippen molar-refractivity contribution in [3.63, 3.8) is 0 Å². The Hall–Kier alpha value is -1.05. The molecule has 0 aliphatic heterocycles. The molecule has 0 aliphatic carbocycles. The molecule has 0 aromatic heterocycles. The van der Waals surface area contributed by atoms with Crippen molar-refractivity contribution in [2.75, 3.05) is 6.61 Å². The Morgan fingerprint density at radius 2 is 1.27 bits per heavy atom. The van der Waals surface area contributed by atoms with Crippen LogP contribution in [-0.4, -0.2) is 12.6 Å². The average Bonchev–Trinajstić information content (AvgIpc) is 2.64. The van der Waals surface area contributed by atoms with Crippen LogP contribution in [0.5, 0.6) is 0 Å². The first kappa shape index (κ1) is 24.9. The molecule has 0 aliphatic rings. The molecule has 2 heteroatoms. The van der Waals surface area contributed by atoms with Gasteiger partial charge in [-0.1, -0.05) is 76.5 Å². The van der Waals surface area contributed by atoms with Crippen LogP contribution in [0.4, 0.5) is 0 Å². The zero-order chi connectivity index (χ0) is 19.1. The Morgan fingerprint density at radius 3 is 1.88 bits per heavy atom. The van der Waals surface area contributed by atoms with E-state index < -0.39 is 0 Å². The standard InChI is InChI=1S/C24H44O2/c1-3-5-7-9-10-11-12-13-14-15-16-17-18-19-20-22-24(25)26-23-21-8-6-4-2/h4,13-14H,2-3,5-12,15-23H2,1H3/b14-13-. The first-order chi connectivity index (χ1) is 12.8. The molecule has 0 saturated heterocycles. The molecular weight excluding hydrogens is 320 g/mol. The molecule has 0 aromatic rings. The number of rotatable bonds is 20. The fourth-order valence-electron chi connectivity index (χ4n) is 2.99. The van der Waals surface area contributed by atoms with E-state index in [-0.39, 0.29) is 5.97 Å². The molecule has 0 heterocycles. The van der Waals surface area contributed by atoms with Gasteiger partial charge in [0.05, 0.1) is 6.61 Å². The number of esters is 1. The number of hydrogen-bond acceptors (Lipinski definition) is 2. The number of hydrogen-bond donors (Lipinski definition) is 0. The predicted octanol–water partition coefficient (Wildman–Crippen LogP) is 7.92. The zero-order valence-corrected chi connectivity index (χ0v) is 17.5. The van der Waals surface area contributed by atoms with Crippen LogP contribution in [0, 0.1) is 0 Å². The van der Waals surface area contributed by atoms with Gasteiger partial charge in [-0.05, 0) is 51.4 Å². The minimum Gasteiger partial charge on any atom is -0.466 e. The number of allylic oxidation sites excluding steroid dienone is 3. The Labute approximate surface area is 163 Å². The fourth-order valence-corrected chi connectivity index (χ4v) is 2.99. The van der Waals surface area contributed by atoms with Gasteiger partial charge >= 0.3 is 5.97 Å². The van der Waals surface area contributed by atoms with Crippen LogP contribution in [0.3, 0.4) is 0 Å². The SMILES string of the molecule is C=CCCCCOC(=O)CCCCCCC/C=C\CCCCCCCC. The van der Waals surface area contributed by atoms with Crippen LogP contribution in [0.2, 0.25) is 0 Å². The maximum atomic E-state index is 11.6. The molecule has 26 heavy (non-hydrogen) atoms. The summed E-state index contributed by atoms with van der Waals surface area (Å²) in [5.74, 6) is -0.0266. The van der Waals surface area contributed by atoms with Gasteiger partial charge in [-0.25, -0.2) is 0 Å². The van der Waals surface area contributed by atoms with E-state index in [2.05, 4.69) is 25.7 Å². The lowest BCUT2D eigenvalue weighted by molar-refractivity contribution is -0.143. The zero-order valence-electron chi connectivity index (χ0n) is 17.5. The van der Waals surface area contributed by atoms with Crippen molar-refractivity contribution in [3.05, 3.63) is 24.8 Å². The Kier molecular flexibility index (Phi) is 21.1. The van der Waals surface area contributed by atoms with Gasteiger partial charge in [-0.3, -0.25) is 4.79 Å². The van der Waals surface area contributed by atoms with Crippen molar-refractivity contribution in [3.8, 4) is 0 Å². The van der Waals surface area contributed by atoms with E-state index in [1.807, 2.05) is 6.08 Å². The minimum atomic E-state index is -0.0266. The Bertz CT molecular complexity index is 333. The first-order valence-corrected chi connectivity index (χ1v) is 11.2. The van der Waals surface area contributed by atoms with Gasteiger partial charge in [0.25, 0.3) is 0 Å². The van der Waals surface area contributed by atoms with Gasteiger partial charge in [-0.2, -0.15) is 0 Å². The summed E-state index contributed by atoms with van der Waals surface area (Å²) in [6, 6.07) is 0. The van der Waals surface area contributed by atoms with E-state index in [9.17, 15) is 4.79 Å². The topological polar surface area (TPSA) is 26.3 Å². The lowest BCUT2D eigenvalue weighted by Gasteiger charge is -2.04. The molecule has 0 radical (unpaired) electrons. The predicted molar refractivity (Wildman–Crippen MR) is 114 cm³/mol. The molecule has 152 valence electrons. The molecule has 0 fully saturated rings. The third-order valence-corrected chi connectivity index (χ3v) is 4.71. The normalized spacial score (nSPS) is 11.1. The fraction of sp³-hybridized carbons (Fsp3) is 0.792. The largest absolute Gasteiger partial charge is 0.466 e. The molecular formula is C24H44O2. The molecule has 0 atom stereocenters. The summed E-state index contributed by atoms with van der Waals surface area (Å²) in [5, 5.41) is 0. The summed E-state index contributed by atoms with van der Waals surface area (Å²) in [7, 11) is 0. The highest BCUT2D eigenvalue weighted by molar-refractivity contribution is 5.69. The summed E-state index contributed by atoms with van der Waals surface area (Å²) in [5.41, 5.74) is 0. The number of unbranched alkanes of at least 4 members (excludes halogenated alkanes) is 13. The molecule has 0 unspecified atom stereocenters.